The lowest BCUT2D eigenvalue weighted by molar-refractivity contribution is 0.0567. The quantitative estimate of drug-likeness (QED) is 0.295. The predicted octanol–water partition coefficient (Wildman–Crippen LogP) is 6.46. The van der Waals surface area contributed by atoms with Crippen molar-refractivity contribution in [3.05, 3.63) is 113 Å². The third kappa shape index (κ3) is 2.54. The lowest BCUT2D eigenvalue weighted by Gasteiger charge is -2.31. The molecule has 1 unspecified atom stereocenters. The third-order valence-corrected chi connectivity index (χ3v) is 7.39. The maximum absolute atomic E-state index is 14.0. The van der Waals surface area contributed by atoms with Crippen LogP contribution in [0, 0.1) is 0 Å². The van der Waals surface area contributed by atoms with Crippen LogP contribution in [0.1, 0.15) is 50.7 Å². The lowest BCUT2D eigenvalue weighted by Crippen LogP contribution is -2.36. The van der Waals surface area contributed by atoms with Crippen molar-refractivity contribution in [3.8, 4) is 5.69 Å². The zero-order valence-corrected chi connectivity index (χ0v) is 18.6. The average molecular weight is 443 g/mol. The van der Waals surface area contributed by atoms with Crippen LogP contribution < -0.4 is 0 Å². The summed E-state index contributed by atoms with van der Waals surface area (Å²) >= 11 is 0. The van der Waals surface area contributed by atoms with Gasteiger partial charge in [-0.05, 0) is 54.7 Å². The Morgan fingerprint density at radius 3 is 2.12 bits per heavy atom. The fourth-order valence-corrected chi connectivity index (χ4v) is 5.93. The van der Waals surface area contributed by atoms with Gasteiger partial charge in [0.2, 0.25) is 0 Å². The second-order valence-electron chi connectivity index (χ2n) is 9.16. The molecule has 34 heavy (non-hydrogen) atoms. The monoisotopic (exact) mass is 442 g/mol. The molecule has 0 radical (unpaired) electrons. The number of aryl methyl sites for hydroxylation is 1. The maximum Gasteiger partial charge on any atom is 0.264 e. The van der Waals surface area contributed by atoms with Crippen molar-refractivity contribution in [2.75, 3.05) is 0 Å². The molecule has 5 aromatic rings. The number of imide groups is 1. The molecular weight excluding hydrogens is 420 g/mol. The molecule has 0 N–H and O–H groups in total. The van der Waals surface area contributed by atoms with E-state index in [9.17, 15) is 9.59 Å². The summed E-state index contributed by atoms with van der Waals surface area (Å²) in [4.78, 5) is 29.2. The van der Waals surface area contributed by atoms with E-state index in [4.69, 9.17) is 0 Å². The Labute approximate surface area is 197 Å². The molecule has 4 heteroatoms. The van der Waals surface area contributed by atoms with Gasteiger partial charge < -0.3 is 4.57 Å². The first-order valence-electron chi connectivity index (χ1n) is 11.8. The van der Waals surface area contributed by atoms with Gasteiger partial charge in [-0.25, -0.2) is 0 Å². The fraction of sp³-hybridized carbons (Fsp3) is 0.133. The fourth-order valence-electron chi connectivity index (χ4n) is 5.93. The van der Waals surface area contributed by atoms with Gasteiger partial charge in [-0.3, -0.25) is 14.5 Å². The minimum atomic E-state index is -0.219. The summed E-state index contributed by atoms with van der Waals surface area (Å²) < 4.78 is 2.13. The number of aromatic nitrogens is 1. The van der Waals surface area contributed by atoms with E-state index in [0.29, 0.717) is 11.1 Å². The van der Waals surface area contributed by atoms with E-state index in [0.717, 1.165) is 52.3 Å². The van der Waals surface area contributed by atoms with Gasteiger partial charge in [0, 0.05) is 10.8 Å². The number of carbonyl (C=O) groups is 2. The van der Waals surface area contributed by atoms with Crippen LogP contribution in [0.4, 0.5) is 0 Å². The van der Waals surface area contributed by atoms with Crippen LogP contribution in [-0.2, 0) is 6.42 Å². The van der Waals surface area contributed by atoms with E-state index in [2.05, 4.69) is 41.0 Å². The van der Waals surface area contributed by atoms with Crippen molar-refractivity contribution in [2.24, 2.45) is 0 Å². The van der Waals surface area contributed by atoms with E-state index in [1.807, 2.05) is 48.5 Å². The maximum atomic E-state index is 14.0. The Balaban J connectivity index is 1.45. The van der Waals surface area contributed by atoms with Crippen LogP contribution in [0.5, 0.6) is 0 Å². The summed E-state index contributed by atoms with van der Waals surface area (Å²) in [6.45, 7) is 0. The normalized spacial score (nSPS) is 17.4. The average Bonchev–Trinajstić information content (AvgIpc) is 3.35. The van der Waals surface area contributed by atoms with Crippen LogP contribution in [0.25, 0.3) is 27.5 Å². The largest absolute Gasteiger partial charge is 0.308 e. The number of fused-ring (bicyclic) bond motifs is 5. The molecule has 1 aliphatic carbocycles. The molecule has 4 aromatic carbocycles. The van der Waals surface area contributed by atoms with E-state index in [1.54, 1.807) is 6.07 Å². The number of carbonyl (C=O) groups excluding carboxylic acids is 2. The topological polar surface area (TPSA) is 42.3 Å². The van der Waals surface area contributed by atoms with Crippen molar-refractivity contribution in [3.63, 3.8) is 0 Å². The van der Waals surface area contributed by atoms with Crippen LogP contribution in [0.3, 0.4) is 0 Å². The minimum Gasteiger partial charge on any atom is -0.308 e. The summed E-state index contributed by atoms with van der Waals surface area (Å²) in [5.74, 6) is -0.386. The number of benzene rings is 4. The molecular formula is C30H22N2O2. The second kappa shape index (κ2) is 7.16. The highest BCUT2D eigenvalue weighted by molar-refractivity contribution is 6.24. The zero-order chi connectivity index (χ0) is 22.8. The highest BCUT2D eigenvalue weighted by Crippen LogP contribution is 2.41. The number of amides is 2. The molecule has 0 saturated carbocycles. The van der Waals surface area contributed by atoms with Gasteiger partial charge in [-0.1, -0.05) is 66.7 Å². The Bertz CT molecular complexity index is 1590. The van der Waals surface area contributed by atoms with Gasteiger partial charge in [0.05, 0.1) is 33.9 Å². The van der Waals surface area contributed by atoms with Crippen LogP contribution in [-0.4, -0.2) is 21.3 Å². The van der Waals surface area contributed by atoms with Crippen molar-refractivity contribution >= 4 is 33.6 Å². The van der Waals surface area contributed by atoms with Gasteiger partial charge in [0.15, 0.2) is 0 Å². The van der Waals surface area contributed by atoms with E-state index in [1.165, 1.54) is 10.5 Å². The van der Waals surface area contributed by atoms with Crippen molar-refractivity contribution in [2.45, 2.75) is 25.3 Å². The Kier molecular flexibility index (Phi) is 4.06. The second-order valence-corrected chi connectivity index (χ2v) is 9.16. The highest BCUT2D eigenvalue weighted by atomic mass is 16.2. The summed E-state index contributed by atoms with van der Waals surface area (Å²) in [6.07, 6.45) is 2.75. The number of rotatable bonds is 2. The SMILES string of the molecule is O=C1c2cccc(-n3c4ccccc4c4ccccc43)c2C(=O)N1C1CCCc2ccccc21. The van der Waals surface area contributed by atoms with E-state index in [-0.39, 0.29) is 17.9 Å². The van der Waals surface area contributed by atoms with Crippen LogP contribution >= 0.6 is 0 Å². The van der Waals surface area contributed by atoms with Gasteiger partial charge in [-0.2, -0.15) is 0 Å². The molecule has 4 nitrogen and oxygen atoms in total. The van der Waals surface area contributed by atoms with E-state index >= 15 is 0 Å². The molecule has 7 rings (SSSR count). The minimum absolute atomic E-state index is 0.190. The summed E-state index contributed by atoms with van der Waals surface area (Å²) in [7, 11) is 0. The zero-order valence-electron chi connectivity index (χ0n) is 18.6. The molecule has 0 saturated heterocycles. The Morgan fingerprint density at radius 2 is 1.35 bits per heavy atom. The molecule has 164 valence electrons. The number of nitrogens with zero attached hydrogens (tertiary/aromatic N) is 2. The first-order chi connectivity index (χ1) is 16.7. The van der Waals surface area contributed by atoms with E-state index < -0.39 is 0 Å². The number of para-hydroxylation sites is 2. The Hall–Kier alpha value is -4.18. The standard InChI is InChI=1S/C30H22N2O2/c33-29-23-14-8-18-27(31-25-15-5-3-12-21(25)22-13-4-6-16-26(22)31)28(23)30(34)32(29)24-17-7-10-19-9-1-2-11-20(19)24/h1-6,8-9,11-16,18,24H,7,10,17H2. The molecule has 0 fully saturated rings. The number of hydrogen-bond acceptors (Lipinski definition) is 2. The molecule has 2 amide bonds. The first-order valence-corrected chi connectivity index (χ1v) is 11.8. The molecule has 0 spiro atoms. The highest BCUT2D eigenvalue weighted by Gasteiger charge is 2.43. The molecule has 2 heterocycles. The Morgan fingerprint density at radius 1 is 0.676 bits per heavy atom. The van der Waals surface area contributed by atoms with Crippen molar-refractivity contribution in [1.82, 2.24) is 9.47 Å². The summed E-state index contributed by atoms with van der Waals surface area (Å²) in [6, 6.07) is 30.1. The summed E-state index contributed by atoms with van der Waals surface area (Å²) in [5.41, 5.74) is 6.14. The smallest absolute Gasteiger partial charge is 0.264 e. The van der Waals surface area contributed by atoms with Gasteiger partial charge in [0.1, 0.15) is 0 Å². The van der Waals surface area contributed by atoms with Crippen molar-refractivity contribution < 1.29 is 9.59 Å². The first kappa shape index (κ1) is 19.3. The third-order valence-electron chi connectivity index (χ3n) is 7.39. The number of hydrogen-bond donors (Lipinski definition) is 0. The lowest BCUT2D eigenvalue weighted by atomic mass is 9.87. The van der Waals surface area contributed by atoms with Crippen molar-refractivity contribution in [1.29, 1.82) is 0 Å². The molecule has 1 aliphatic heterocycles. The van der Waals surface area contributed by atoms with Crippen LogP contribution in [0.2, 0.25) is 0 Å². The van der Waals surface area contributed by atoms with Gasteiger partial charge >= 0.3 is 0 Å². The molecule has 0 bridgehead atoms. The van der Waals surface area contributed by atoms with Crippen LogP contribution in [0.15, 0.2) is 91.0 Å². The molecule has 2 aliphatic rings. The molecule has 1 aromatic heterocycles. The predicted molar refractivity (Wildman–Crippen MR) is 133 cm³/mol. The summed E-state index contributed by atoms with van der Waals surface area (Å²) in [5, 5.41) is 2.26. The van der Waals surface area contributed by atoms with Gasteiger partial charge in [0.25, 0.3) is 11.8 Å². The molecule has 1 atom stereocenters. The van der Waals surface area contributed by atoms with Gasteiger partial charge in [-0.15, -0.1) is 0 Å².